The summed E-state index contributed by atoms with van der Waals surface area (Å²) in [5.41, 5.74) is 4.32. The molecule has 0 aliphatic rings. The van der Waals surface area contributed by atoms with Crippen molar-refractivity contribution in [3.63, 3.8) is 0 Å². The molecule has 0 saturated carbocycles. The van der Waals surface area contributed by atoms with Crippen LogP contribution in [0, 0.1) is 6.92 Å². The summed E-state index contributed by atoms with van der Waals surface area (Å²) in [6.07, 6.45) is 5.20. The third kappa shape index (κ3) is 3.77. The highest BCUT2D eigenvalue weighted by Gasteiger charge is 2.12. The van der Waals surface area contributed by atoms with Crippen LogP contribution in [0.5, 0.6) is 5.75 Å². The summed E-state index contributed by atoms with van der Waals surface area (Å²) < 4.78 is 8.05. The monoisotopic (exact) mass is 323 g/mol. The van der Waals surface area contributed by atoms with Gasteiger partial charge in [-0.15, -0.1) is 0 Å². The third-order valence-corrected chi connectivity index (χ3v) is 4.12. The zero-order valence-electron chi connectivity index (χ0n) is 14.6. The molecule has 1 unspecified atom stereocenters. The van der Waals surface area contributed by atoms with Crippen molar-refractivity contribution in [2.24, 2.45) is 0 Å². The van der Waals surface area contributed by atoms with Crippen LogP contribution in [0.25, 0.3) is 5.65 Å². The molecule has 0 fully saturated rings. The Morgan fingerprint density at radius 3 is 2.75 bits per heavy atom. The van der Waals surface area contributed by atoms with E-state index in [0.717, 1.165) is 35.6 Å². The molecule has 2 heterocycles. The molecule has 126 valence electrons. The number of benzene rings is 1. The molecule has 0 aliphatic heterocycles. The predicted molar refractivity (Wildman–Crippen MR) is 97.4 cm³/mol. The van der Waals surface area contributed by atoms with Crippen LogP contribution >= 0.6 is 0 Å². The molecule has 2 aromatic heterocycles. The molecular formula is C20H25N3O. The summed E-state index contributed by atoms with van der Waals surface area (Å²) >= 11 is 0. The van der Waals surface area contributed by atoms with Crippen LogP contribution in [-0.4, -0.2) is 15.9 Å². The smallest absolute Gasteiger partial charge is 0.180 e. The molecule has 1 N–H and O–H groups in total. The van der Waals surface area contributed by atoms with E-state index in [9.17, 15) is 0 Å². The highest BCUT2D eigenvalue weighted by molar-refractivity contribution is 5.54. The maximum absolute atomic E-state index is 6.02. The number of nitrogens with one attached hydrogen (secondary N) is 1. The van der Waals surface area contributed by atoms with Crippen LogP contribution in [0.2, 0.25) is 0 Å². The molecule has 24 heavy (non-hydrogen) atoms. The van der Waals surface area contributed by atoms with E-state index in [0.29, 0.717) is 6.61 Å². The van der Waals surface area contributed by atoms with Gasteiger partial charge in [0.05, 0.1) is 5.69 Å². The molecule has 0 spiro atoms. The van der Waals surface area contributed by atoms with E-state index < -0.39 is 0 Å². The average Bonchev–Trinajstić information content (AvgIpc) is 3.04. The number of aryl methyl sites for hydroxylation is 1. The van der Waals surface area contributed by atoms with Gasteiger partial charge in [-0.3, -0.25) is 0 Å². The summed E-state index contributed by atoms with van der Waals surface area (Å²) in [6, 6.07) is 12.6. The quantitative estimate of drug-likeness (QED) is 0.705. The number of rotatable bonds is 7. The van der Waals surface area contributed by atoms with Crippen molar-refractivity contribution < 1.29 is 4.74 Å². The molecule has 1 aromatic carbocycles. The Labute approximate surface area is 143 Å². The Balaban J connectivity index is 1.78. The predicted octanol–water partition coefficient (Wildman–Crippen LogP) is 4.28. The first kappa shape index (κ1) is 16.5. The van der Waals surface area contributed by atoms with Crippen LogP contribution in [0.15, 0.2) is 48.8 Å². The van der Waals surface area contributed by atoms with E-state index >= 15 is 0 Å². The molecule has 3 rings (SSSR count). The van der Waals surface area contributed by atoms with Crippen molar-refractivity contribution in [1.82, 2.24) is 14.7 Å². The third-order valence-electron chi connectivity index (χ3n) is 4.12. The lowest BCUT2D eigenvalue weighted by molar-refractivity contribution is 0.308. The van der Waals surface area contributed by atoms with E-state index in [1.807, 2.05) is 22.7 Å². The number of hydrogen-bond donors (Lipinski definition) is 1. The van der Waals surface area contributed by atoms with Crippen molar-refractivity contribution in [2.75, 3.05) is 6.54 Å². The number of fused-ring (bicyclic) bond motifs is 1. The van der Waals surface area contributed by atoms with Crippen molar-refractivity contribution in [1.29, 1.82) is 0 Å². The lowest BCUT2D eigenvalue weighted by Gasteiger charge is -2.09. The van der Waals surface area contributed by atoms with Crippen LogP contribution in [-0.2, 0) is 6.61 Å². The number of ether oxygens (including phenoxy) is 1. The van der Waals surface area contributed by atoms with Crippen molar-refractivity contribution in [3.8, 4) is 5.75 Å². The van der Waals surface area contributed by atoms with Gasteiger partial charge in [0.15, 0.2) is 11.4 Å². The number of pyridine rings is 1. The Kier molecular flexibility index (Phi) is 5.16. The number of nitrogens with zero attached hydrogens (tertiary/aromatic N) is 2. The minimum atomic E-state index is 0.231. The van der Waals surface area contributed by atoms with Gasteiger partial charge in [-0.2, -0.15) is 0 Å². The molecule has 0 amide bonds. The second-order valence-corrected chi connectivity index (χ2v) is 6.22. The molecule has 4 nitrogen and oxygen atoms in total. The summed E-state index contributed by atoms with van der Waals surface area (Å²) in [5.74, 6) is 0.812. The molecule has 0 bridgehead atoms. The van der Waals surface area contributed by atoms with Crippen LogP contribution < -0.4 is 10.1 Å². The summed E-state index contributed by atoms with van der Waals surface area (Å²) in [4.78, 5) is 4.77. The second kappa shape index (κ2) is 7.49. The first-order chi connectivity index (χ1) is 11.7. The van der Waals surface area contributed by atoms with Crippen molar-refractivity contribution in [3.05, 3.63) is 65.6 Å². The van der Waals surface area contributed by atoms with Gasteiger partial charge in [0.1, 0.15) is 6.61 Å². The molecule has 0 radical (unpaired) electrons. The van der Waals surface area contributed by atoms with Crippen molar-refractivity contribution in [2.45, 2.75) is 39.8 Å². The largest absolute Gasteiger partial charge is 0.485 e. The normalized spacial score (nSPS) is 12.5. The maximum Gasteiger partial charge on any atom is 0.180 e. The Morgan fingerprint density at radius 2 is 2.00 bits per heavy atom. The van der Waals surface area contributed by atoms with Crippen LogP contribution in [0.3, 0.4) is 0 Å². The minimum absolute atomic E-state index is 0.231. The SMILES string of the molecule is CCCNC(C)c1cn2cccc(OCc3ccc(C)cc3)c2n1. The van der Waals surface area contributed by atoms with E-state index in [2.05, 4.69) is 56.6 Å². The fraction of sp³-hybridized carbons (Fsp3) is 0.350. The second-order valence-electron chi connectivity index (χ2n) is 6.22. The van der Waals surface area contributed by atoms with Crippen molar-refractivity contribution >= 4 is 5.65 Å². The van der Waals surface area contributed by atoms with Crippen LogP contribution in [0.4, 0.5) is 0 Å². The summed E-state index contributed by atoms with van der Waals surface area (Å²) in [5, 5.41) is 3.48. The fourth-order valence-corrected chi connectivity index (χ4v) is 2.64. The van der Waals surface area contributed by atoms with Gasteiger partial charge in [0.25, 0.3) is 0 Å². The molecule has 3 aromatic rings. The van der Waals surface area contributed by atoms with Gasteiger partial charge in [0, 0.05) is 18.4 Å². The topological polar surface area (TPSA) is 38.6 Å². The Bertz CT molecular complexity index is 792. The average molecular weight is 323 g/mol. The van der Waals surface area contributed by atoms with E-state index in [1.54, 1.807) is 0 Å². The maximum atomic E-state index is 6.02. The van der Waals surface area contributed by atoms with E-state index in [4.69, 9.17) is 9.72 Å². The summed E-state index contributed by atoms with van der Waals surface area (Å²) in [7, 11) is 0. The van der Waals surface area contributed by atoms with Gasteiger partial charge in [0.2, 0.25) is 0 Å². The van der Waals surface area contributed by atoms with E-state index in [1.165, 1.54) is 5.56 Å². The minimum Gasteiger partial charge on any atom is -0.485 e. The van der Waals surface area contributed by atoms with Gasteiger partial charge in [-0.05, 0) is 44.5 Å². The first-order valence-corrected chi connectivity index (χ1v) is 8.56. The van der Waals surface area contributed by atoms with Gasteiger partial charge in [-0.1, -0.05) is 36.8 Å². The molecule has 1 atom stereocenters. The number of imidazole rings is 1. The fourth-order valence-electron chi connectivity index (χ4n) is 2.64. The standard InChI is InChI=1S/C20H25N3O/c1-4-11-21-16(3)18-13-23-12-5-6-19(20(23)22-18)24-14-17-9-7-15(2)8-10-17/h5-10,12-13,16,21H,4,11,14H2,1-3H3. The highest BCUT2D eigenvalue weighted by Crippen LogP contribution is 2.22. The van der Waals surface area contributed by atoms with Gasteiger partial charge in [-0.25, -0.2) is 4.98 Å². The highest BCUT2D eigenvalue weighted by atomic mass is 16.5. The Hall–Kier alpha value is -2.33. The summed E-state index contributed by atoms with van der Waals surface area (Å²) in [6.45, 7) is 7.94. The van der Waals surface area contributed by atoms with Gasteiger partial charge >= 0.3 is 0 Å². The molecule has 0 saturated heterocycles. The van der Waals surface area contributed by atoms with Gasteiger partial charge < -0.3 is 14.5 Å². The zero-order valence-corrected chi connectivity index (χ0v) is 14.6. The molecule has 4 heteroatoms. The number of aromatic nitrogens is 2. The Morgan fingerprint density at radius 1 is 1.21 bits per heavy atom. The lowest BCUT2D eigenvalue weighted by atomic mass is 10.2. The number of hydrogen-bond acceptors (Lipinski definition) is 3. The zero-order chi connectivity index (χ0) is 16.9. The first-order valence-electron chi connectivity index (χ1n) is 8.56. The van der Waals surface area contributed by atoms with Crippen LogP contribution in [0.1, 0.15) is 43.1 Å². The molecular weight excluding hydrogens is 298 g/mol. The van der Waals surface area contributed by atoms with E-state index in [-0.39, 0.29) is 6.04 Å². The lowest BCUT2D eigenvalue weighted by Crippen LogP contribution is -2.19. The molecule has 0 aliphatic carbocycles.